The molecule has 2 heterocycles. The molecule has 0 fully saturated rings. The summed E-state index contributed by atoms with van der Waals surface area (Å²) in [4.78, 5) is 17.5. The largest absolute Gasteiger partial charge is 0.347 e. The molecule has 0 radical (unpaired) electrons. The number of aromatic nitrogens is 2. The standard InChI is InChI=1S/C25H21ClN4O/c1-3-22-24(30-15-20(26)9-11-23(30)29-22)25(31)28-14-17-4-7-19(8-5-17)21-10-6-18(13-27)12-16(21)2/h4-12,15H,3,14H2,1-2H3,(H,28,31). The maximum absolute atomic E-state index is 12.9. The number of nitrogens with zero attached hydrogens (tertiary/aromatic N) is 3. The molecule has 0 bridgehead atoms. The van der Waals surface area contributed by atoms with Crippen molar-refractivity contribution in [1.29, 1.82) is 5.26 Å². The molecule has 0 unspecified atom stereocenters. The van der Waals surface area contributed by atoms with Gasteiger partial charge in [-0.05, 0) is 59.9 Å². The van der Waals surface area contributed by atoms with Gasteiger partial charge in [0.05, 0.1) is 22.3 Å². The van der Waals surface area contributed by atoms with Crippen LogP contribution in [0.15, 0.2) is 60.8 Å². The van der Waals surface area contributed by atoms with Gasteiger partial charge in [-0.15, -0.1) is 0 Å². The van der Waals surface area contributed by atoms with Gasteiger partial charge in [-0.25, -0.2) is 4.98 Å². The number of carbonyl (C=O) groups excluding carboxylic acids is 1. The zero-order valence-corrected chi connectivity index (χ0v) is 18.1. The average molecular weight is 429 g/mol. The van der Waals surface area contributed by atoms with Gasteiger partial charge in [0.2, 0.25) is 0 Å². The first-order chi connectivity index (χ1) is 15.0. The van der Waals surface area contributed by atoms with Crippen molar-refractivity contribution in [1.82, 2.24) is 14.7 Å². The van der Waals surface area contributed by atoms with Crippen LogP contribution in [0.4, 0.5) is 0 Å². The molecule has 0 aliphatic heterocycles. The van der Waals surface area contributed by atoms with Gasteiger partial charge in [0.15, 0.2) is 0 Å². The minimum atomic E-state index is -0.182. The predicted molar refractivity (Wildman–Crippen MR) is 122 cm³/mol. The fourth-order valence-electron chi connectivity index (χ4n) is 3.68. The third-order valence-electron chi connectivity index (χ3n) is 5.28. The quantitative estimate of drug-likeness (QED) is 0.467. The molecule has 4 rings (SSSR count). The molecule has 1 N–H and O–H groups in total. The maximum atomic E-state index is 12.9. The van der Waals surface area contributed by atoms with Crippen LogP contribution in [-0.4, -0.2) is 15.3 Å². The van der Waals surface area contributed by atoms with Crippen molar-refractivity contribution >= 4 is 23.2 Å². The highest BCUT2D eigenvalue weighted by Crippen LogP contribution is 2.25. The van der Waals surface area contributed by atoms with Gasteiger partial charge in [-0.3, -0.25) is 9.20 Å². The van der Waals surface area contributed by atoms with E-state index in [1.807, 2.05) is 62.4 Å². The summed E-state index contributed by atoms with van der Waals surface area (Å²) >= 11 is 6.12. The monoisotopic (exact) mass is 428 g/mol. The molecule has 4 aromatic rings. The number of nitrogens with one attached hydrogen (secondary N) is 1. The summed E-state index contributed by atoms with van der Waals surface area (Å²) in [6.45, 7) is 4.38. The number of amides is 1. The first-order valence-corrected chi connectivity index (χ1v) is 10.4. The van der Waals surface area contributed by atoms with E-state index in [1.165, 1.54) is 0 Å². The molecule has 2 aromatic heterocycles. The Balaban J connectivity index is 1.51. The zero-order valence-electron chi connectivity index (χ0n) is 17.3. The van der Waals surface area contributed by atoms with E-state index in [0.717, 1.165) is 27.9 Å². The average Bonchev–Trinajstić information content (AvgIpc) is 3.15. The molecule has 2 aromatic carbocycles. The number of benzene rings is 2. The Hall–Kier alpha value is -3.62. The Bertz CT molecular complexity index is 1320. The normalized spacial score (nSPS) is 10.8. The lowest BCUT2D eigenvalue weighted by atomic mass is 9.98. The van der Waals surface area contributed by atoms with E-state index in [4.69, 9.17) is 16.9 Å². The van der Waals surface area contributed by atoms with Crippen LogP contribution >= 0.6 is 11.6 Å². The van der Waals surface area contributed by atoms with Crippen LogP contribution in [0, 0.1) is 18.3 Å². The number of fused-ring (bicyclic) bond motifs is 1. The van der Waals surface area contributed by atoms with Gasteiger partial charge in [0, 0.05) is 12.7 Å². The highest BCUT2D eigenvalue weighted by Gasteiger charge is 2.18. The van der Waals surface area contributed by atoms with Crippen LogP contribution in [-0.2, 0) is 13.0 Å². The molecule has 6 heteroatoms. The fraction of sp³-hybridized carbons (Fsp3) is 0.160. The van der Waals surface area contributed by atoms with Gasteiger partial charge in [-0.1, -0.05) is 48.9 Å². The second-order valence-corrected chi connectivity index (χ2v) is 7.79. The van der Waals surface area contributed by atoms with Gasteiger partial charge in [0.1, 0.15) is 11.3 Å². The smallest absolute Gasteiger partial charge is 0.270 e. The fourth-order valence-corrected chi connectivity index (χ4v) is 3.84. The molecule has 1 amide bonds. The molecule has 31 heavy (non-hydrogen) atoms. The molecule has 0 saturated heterocycles. The van der Waals surface area contributed by atoms with Crippen LogP contribution in [0.2, 0.25) is 5.02 Å². The topological polar surface area (TPSA) is 70.2 Å². The maximum Gasteiger partial charge on any atom is 0.270 e. The van der Waals surface area contributed by atoms with Crippen molar-refractivity contribution < 1.29 is 4.79 Å². The van der Waals surface area contributed by atoms with E-state index in [1.54, 1.807) is 16.7 Å². The van der Waals surface area contributed by atoms with E-state index in [9.17, 15) is 4.79 Å². The molecular formula is C25H21ClN4O. The second kappa shape index (κ2) is 8.63. The van der Waals surface area contributed by atoms with Crippen molar-refractivity contribution in [3.05, 3.63) is 93.9 Å². The Kier molecular flexibility index (Phi) is 5.75. The number of hydrogen-bond acceptors (Lipinski definition) is 3. The summed E-state index contributed by atoms with van der Waals surface area (Å²) in [5.74, 6) is -0.182. The van der Waals surface area contributed by atoms with E-state index in [0.29, 0.717) is 34.9 Å². The van der Waals surface area contributed by atoms with Gasteiger partial charge < -0.3 is 5.32 Å². The minimum absolute atomic E-state index is 0.182. The van der Waals surface area contributed by atoms with Gasteiger partial charge in [0.25, 0.3) is 5.91 Å². The lowest BCUT2D eigenvalue weighted by Gasteiger charge is -2.09. The Morgan fingerprint density at radius 1 is 1.16 bits per heavy atom. The summed E-state index contributed by atoms with van der Waals surface area (Å²) < 4.78 is 1.74. The number of hydrogen-bond donors (Lipinski definition) is 1. The highest BCUT2D eigenvalue weighted by molar-refractivity contribution is 6.30. The molecule has 0 aliphatic rings. The number of halogens is 1. The number of imidazole rings is 1. The van der Waals surface area contributed by atoms with E-state index in [2.05, 4.69) is 16.4 Å². The number of pyridine rings is 1. The molecule has 0 saturated carbocycles. The Labute approximate surface area is 185 Å². The summed E-state index contributed by atoms with van der Waals surface area (Å²) in [6.07, 6.45) is 2.37. The van der Waals surface area contributed by atoms with Gasteiger partial charge >= 0.3 is 0 Å². The molecule has 154 valence electrons. The summed E-state index contributed by atoms with van der Waals surface area (Å²) in [6, 6.07) is 19.5. The number of aryl methyl sites for hydroxylation is 2. The Morgan fingerprint density at radius 3 is 2.61 bits per heavy atom. The SMILES string of the molecule is CCc1nc2ccc(Cl)cn2c1C(=O)NCc1ccc(-c2ccc(C#N)cc2C)cc1. The van der Waals surface area contributed by atoms with Crippen LogP contribution in [0.1, 0.15) is 39.8 Å². The third kappa shape index (κ3) is 4.16. The van der Waals surface area contributed by atoms with Crippen molar-refractivity contribution in [2.75, 3.05) is 0 Å². The predicted octanol–water partition coefficient (Wildman–Crippen LogP) is 5.33. The molecule has 0 aliphatic carbocycles. The molecule has 0 atom stereocenters. The minimum Gasteiger partial charge on any atom is -0.347 e. The first kappa shape index (κ1) is 20.6. The highest BCUT2D eigenvalue weighted by atomic mass is 35.5. The number of carbonyl (C=O) groups is 1. The summed E-state index contributed by atoms with van der Waals surface area (Å²) in [5, 5.41) is 12.6. The van der Waals surface area contributed by atoms with E-state index < -0.39 is 0 Å². The van der Waals surface area contributed by atoms with E-state index in [-0.39, 0.29) is 5.91 Å². The Morgan fingerprint density at radius 2 is 1.94 bits per heavy atom. The lowest BCUT2D eigenvalue weighted by molar-refractivity contribution is 0.0944. The summed E-state index contributed by atoms with van der Waals surface area (Å²) in [7, 11) is 0. The van der Waals surface area contributed by atoms with Crippen LogP contribution in [0.25, 0.3) is 16.8 Å². The van der Waals surface area contributed by atoms with Crippen LogP contribution in [0.3, 0.4) is 0 Å². The second-order valence-electron chi connectivity index (χ2n) is 7.36. The molecular weight excluding hydrogens is 408 g/mol. The van der Waals surface area contributed by atoms with Crippen LogP contribution < -0.4 is 5.32 Å². The zero-order chi connectivity index (χ0) is 22.0. The number of rotatable bonds is 5. The lowest BCUT2D eigenvalue weighted by Crippen LogP contribution is -2.25. The molecule has 0 spiro atoms. The van der Waals surface area contributed by atoms with E-state index >= 15 is 0 Å². The first-order valence-electron chi connectivity index (χ1n) is 10.0. The molecule has 5 nitrogen and oxygen atoms in total. The number of nitriles is 1. The van der Waals surface area contributed by atoms with Crippen molar-refractivity contribution in [2.24, 2.45) is 0 Å². The third-order valence-corrected chi connectivity index (χ3v) is 5.50. The van der Waals surface area contributed by atoms with Crippen molar-refractivity contribution in [3.8, 4) is 17.2 Å². The van der Waals surface area contributed by atoms with Crippen molar-refractivity contribution in [2.45, 2.75) is 26.8 Å². The summed E-state index contributed by atoms with van der Waals surface area (Å²) in [5.41, 5.74) is 6.82. The van der Waals surface area contributed by atoms with Crippen LogP contribution in [0.5, 0.6) is 0 Å². The van der Waals surface area contributed by atoms with Gasteiger partial charge in [-0.2, -0.15) is 5.26 Å². The van der Waals surface area contributed by atoms with Crippen molar-refractivity contribution in [3.63, 3.8) is 0 Å².